The Balaban J connectivity index is 0.000000159. The van der Waals surface area contributed by atoms with Gasteiger partial charge in [-0.25, -0.2) is 16.8 Å². The molecule has 0 atom stereocenters. The lowest BCUT2D eigenvalue weighted by molar-refractivity contribution is -0.401. The molecule has 0 radical (unpaired) electrons. The molecule has 0 bridgehead atoms. The number of sulfonamides is 2. The van der Waals surface area contributed by atoms with Crippen molar-refractivity contribution in [2.45, 2.75) is 16.7 Å². The molecule has 4 aromatic rings. The van der Waals surface area contributed by atoms with Crippen LogP contribution in [0.5, 0.6) is 0 Å². The monoisotopic (exact) mass is 491 g/mol. The van der Waals surface area contributed by atoms with E-state index in [2.05, 4.69) is 88.5 Å². The number of rotatable bonds is 1. The number of nitrogens with one attached hydrogen (secondary N) is 1. The van der Waals surface area contributed by atoms with E-state index in [-0.39, 0.29) is 9.79 Å². The Morgan fingerprint density at radius 2 is 1.41 bits per heavy atom. The Morgan fingerprint density at radius 3 is 2.12 bits per heavy atom. The molecule has 172 valence electrons. The third-order valence-corrected chi connectivity index (χ3v) is 9.49. The van der Waals surface area contributed by atoms with Crippen molar-refractivity contribution in [2.75, 3.05) is 7.05 Å². The first-order valence-electron chi connectivity index (χ1n) is 10.5. The Morgan fingerprint density at radius 1 is 0.824 bits per heavy atom. The van der Waals surface area contributed by atoms with Crippen molar-refractivity contribution in [1.82, 2.24) is 4.98 Å². The van der Waals surface area contributed by atoms with Crippen LogP contribution in [-0.2, 0) is 20.0 Å². The third-order valence-electron chi connectivity index (χ3n) is 5.97. The van der Waals surface area contributed by atoms with Gasteiger partial charge in [-0.05, 0) is 30.3 Å². The number of fused-ring (bicyclic) bond motifs is 3. The van der Waals surface area contributed by atoms with Gasteiger partial charge in [-0.3, -0.25) is 0 Å². The van der Waals surface area contributed by atoms with E-state index in [1.165, 1.54) is 63.3 Å². The lowest BCUT2D eigenvalue weighted by Crippen LogP contribution is -2.02. The molecule has 0 amide bonds. The number of benzene rings is 3. The molecule has 0 saturated heterocycles. The average Bonchev–Trinajstić information content (AvgIpc) is 3.40. The van der Waals surface area contributed by atoms with E-state index >= 15 is 0 Å². The summed E-state index contributed by atoms with van der Waals surface area (Å²) in [4.78, 5) is 2.86. The number of aromatic amines is 1. The Kier molecular flexibility index (Phi) is 5.27. The maximum absolute atomic E-state index is 11.1. The molecule has 1 N–H and O–H groups in total. The molecular formula is C25H21N3O4S2. The lowest BCUT2D eigenvalue weighted by atomic mass is 10.0. The lowest BCUT2D eigenvalue weighted by Gasteiger charge is -2.05. The molecule has 1 aromatic heterocycles. The average molecular weight is 492 g/mol. The summed E-state index contributed by atoms with van der Waals surface area (Å²) in [5, 5.41) is 1.27. The molecule has 3 heterocycles. The molecule has 0 aliphatic carbocycles. The van der Waals surface area contributed by atoms with Gasteiger partial charge in [0.2, 0.25) is 5.69 Å². The minimum Gasteiger partial charge on any atom is -0.428 e. The highest BCUT2D eigenvalue weighted by atomic mass is 32.3. The van der Waals surface area contributed by atoms with Gasteiger partial charge in [-0.2, -0.15) is 4.58 Å². The summed E-state index contributed by atoms with van der Waals surface area (Å²) in [5.74, 6) is 0. The van der Waals surface area contributed by atoms with Crippen LogP contribution in [-0.4, -0.2) is 39.2 Å². The summed E-state index contributed by atoms with van der Waals surface area (Å²) < 4.78 is 49.5. The molecule has 6 rings (SSSR count). The van der Waals surface area contributed by atoms with Crippen LogP contribution in [0.4, 0.5) is 5.69 Å². The van der Waals surface area contributed by atoms with Gasteiger partial charge in [-0.1, -0.05) is 42.5 Å². The van der Waals surface area contributed by atoms with Crippen LogP contribution < -0.4 is 0 Å². The molecule has 0 fully saturated rings. The largest absolute Gasteiger partial charge is 0.428 e. The van der Waals surface area contributed by atoms with Crippen molar-refractivity contribution in [1.29, 1.82) is 0 Å². The van der Waals surface area contributed by atoms with Gasteiger partial charge in [-0.15, -0.1) is 0 Å². The van der Waals surface area contributed by atoms with Crippen molar-refractivity contribution in [3.63, 3.8) is 0 Å². The zero-order chi connectivity index (χ0) is 24.1. The van der Waals surface area contributed by atoms with Gasteiger partial charge in [0.15, 0.2) is 5.71 Å². The number of hydrogen-bond acceptors (Lipinski definition) is 4. The number of aromatic nitrogens is 1. The highest BCUT2D eigenvalue weighted by Gasteiger charge is 2.29. The van der Waals surface area contributed by atoms with Crippen molar-refractivity contribution in [2.24, 2.45) is 0 Å². The highest BCUT2D eigenvalue weighted by Crippen LogP contribution is 2.37. The van der Waals surface area contributed by atoms with E-state index < -0.39 is 20.0 Å². The second kappa shape index (κ2) is 8.05. The van der Waals surface area contributed by atoms with Crippen LogP contribution >= 0.6 is 0 Å². The SMILES string of the molecule is CC1=[N+](C)c2ccccc2/C1=C/c1c[nH]c2ccccc12.O=S1(=O)[N-]S(=O)(=O)c2ccccc21. The predicted molar refractivity (Wildman–Crippen MR) is 133 cm³/mol. The molecule has 2 aliphatic rings. The summed E-state index contributed by atoms with van der Waals surface area (Å²) in [6.07, 6.45) is 4.38. The first-order valence-corrected chi connectivity index (χ1v) is 13.4. The highest BCUT2D eigenvalue weighted by molar-refractivity contribution is 8.14. The molecule has 0 spiro atoms. The number of allylic oxidation sites excluding steroid dienone is 1. The summed E-state index contributed by atoms with van der Waals surface area (Å²) in [6, 6.07) is 22.3. The van der Waals surface area contributed by atoms with Gasteiger partial charge in [0.05, 0.1) is 20.9 Å². The molecular weight excluding hydrogens is 470 g/mol. The zero-order valence-corrected chi connectivity index (χ0v) is 20.1. The molecule has 0 saturated carbocycles. The number of para-hydroxylation sites is 2. The summed E-state index contributed by atoms with van der Waals surface area (Å²) >= 11 is 0. The summed E-state index contributed by atoms with van der Waals surface area (Å²) in [6.45, 7) is 2.18. The number of hydrogen-bond donors (Lipinski definition) is 1. The van der Waals surface area contributed by atoms with Crippen LogP contribution in [0.25, 0.3) is 26.7 Å². The fraction of sp³-hybridized carbons (Fsp3) is 0.0800. The number of H-pyrrole nitrogens is 1. The molecule has 0 unspecified atom stereocenters. The van der Waals surface area contributed by atoms with Gasteiger partial charge in [0, 0.05) is 35.7 Å². The Labute approximate surface area is 198 Å². The quantitative estimate of drug-likeness (QED) is 0.382. The molecule has 34 heavy (non-hydrogen) atoms. The molecule has 2 aliphatic heterocycles. The standard InChI is InChI=1S/C19H16N2.C6H4NO4S2/c1-13-17(16-8-4-6-10-19(16)21(13)2)11-14-12-20-18-9-5-3-7-15(14)18;8-12(9)5-3-1-2-4-6(5)13(10,11)7-12/h3-12H,1-2H3;1-4H/q;-1/p+1. The van der Waals surface area contributed by atoms with E-state index in [0.717, 1.165) is 0 Å². The zero-order valence-electron chi connectivity index (χ0n) is 18.4. The van der Waals surface area contributed by atoms with Crippen molar-refractivity contribution >= 4 is 54.0 Å². The first-order chi connectivity index (χ1) is 16.2. The smallest absolute Gasteiger partial charge is 0.213 e. The van der Waals surface area contributed by atoms with E-state index in [1.54, 1.807) is 0 Å². The van der Waals surface area contributed by atoms with Gasteiger partial charge < -0.3 is 9.11 Å². The van der Waals surface area contributed by atoms with Gasteiger partial charge in [0.1, 0.15) is 27.1 Å². The van der Waals surface area contributed by atoms with E-state index in [9.17, 15) is 16.8 Å². The van der Waals surface area contributed by atoms with Crippen molar-refractivity contribution < 1.29 is 21.4 Å². The first kappa shape index (κ1) is 22.3. The van der Waals surface area contributed by atoms with Crippen molar-refractivity contribution in [3.8, 4) is 0 Å². The van der Waals surface area contributed by atoms with Crippen LogP contribution in [0.2, 0.25) is 0 Å². The molecule has 7 nitrogen and oxygen atoms in total. The Bertz CT molecular complexity index is 1680. The van der Waals surface area contributed by atoms with Gasteiger partial charge in [0.25, 0.3) is 0 Å². The maximum atomic E-state index is 11.1. The van der Waals surface area contributed by atoms with Crippen LogP contribution in [0, 0.1) is 0 Å². The van der Waals surface area contributed by atoms with E-state index in [4.69, 9.17) is 0 Å². The van der Waals surface area contributed by atoms with Crippen LogP contribution in [0.15, 0.2) is 88.8 Å². The van der Waals surface area contributed by atoms with E-state index in [0.29, 0.717) is 0 Å². The third kappa shape index (κ3) is 3.67. The second-order valence-corrected chi connectivity index (χ2v) is 11.4. The van der Waals surface area contributed by atoms with Crippen molar-refractivity contribution in [3.05, 3.63) is 94.2 Å². The van der Waals surface area contributed by atoms with Crippen LogP contribution in [0.3, 0.4) is 0 Å². The molecule has 9 heteroatoms. The normalized spacial score (nSPS) is 18.5. The van der Waals surface area contributed by atoms with Crippen LogP contribution in [0.1, 0.15) is 18.1 Å². The maximum Gasteiger partial charge on any atom is 0.213 e. The second-order valence-electron chi connectivity index (χ2n) is 7.98. The topological polar surface area (TPSA) is 101 Å². The predicted octanol–water partition coefficient (Wildman–Crippen LogP) is 4.91. The number of nitrogens with zero attached hydrogens (tertiary/aromatic N) is 2. The van der Waals surface area contributed by atoms with E-state index in [1.807, 2.05) is 0 Å². The van der Waals surface area contributed by atoms with Gasteiger partial charge >= 0.3 is 0 Å². The fourth-order valence-corrected chi connectivity index (χ4v) is 7.64. The Hall–Kier alpha value is -3.53. The minimum absolute atomic E-state index is 0.241. The summed E-state index contributed by atoms with van der Waals surface area (Å²) in [5.41, 5.74) is 7.61. The summed E-state index contributed by atoms with van der Waals surface area (Å²) in [7, 11) is -5.82. The minimum atomic E-state index is -3.98. The fourth-order valence-electron chi connectivity index (χ4n) is 4.19. The molecule has 3 aromatic carbocycles.